The van der Waals surface area contributed by atoms with E-state index in [0.29, 0.717) is 12.8 Å². The van der Waals surface area contributed by atoms with E-state index in [4.69, 9.17) is 0 Å². The van der Waals surface area contributed by atoms with Gasteiger partial charge in [0.25, 0.3) is 0 Å². The number of phosphoric ester groups is 1. The number of rotatable bonds is 4. The monoisotopic (exact) mass is 376 g/mol. The molecule has 0 aromatic rings. The zero-order chi connectivity index (χ0) is 17.9. The van der Waals surface area contributed by atoms with E-state index in [1.54, 1.807) is 0 Å². The lowest BCUT2D eigenvalue weighted by Crippen LogP contribution is -2.60. The van der Waals surface area contributed by atoms with E-state index in [0.717, 1.165) is 0 Å². The Morgan fingerprint density at radius 3 is 2.17 bits per heavy atom. The Hall–Kier alpha value is -0.380. The molecule has 0 aliphatic carbocycles. The van der Waals surface area contributed by atoms with Gasteiger partial charge in [-0.2, -0.15) is 26.3 Å². The minimum atomic E-state index is -6.11. The molecule has 0 aromatic carbocycles. The van der Waals surface area contributed by atoms with E-state index < -0.39 is 44.8 Å². The van der Waals surface area contributed by atoms with Crippen molar-refractivity contribution in [1.29, 1.82) is 0 Å². The van der Waals surface area contributed by atoms with E-state index in [1.807, 2.05) is 0 Å². The highest BCUT2D eigenvalue weighted by Gasteiger charge is 2.74. The van der Waals surface area contributed by atoms with Crippen molar-refractivity contribution in [2.24, 2.45) is 0 Å². The van der Waals surface area contributed by atoms with Crippen molar-refractivity contribution in [2.45, 2.75) is 56.0 Å². The molecule has 138 valence electrons. The minimum Gasteiger partial charge on any atom is -0.302 e. The van der Waals surface area contributed by atoms with Crippen molar-refractivity contribution in [1.82, 2.24) is 0 Å². The van der Waals surface area contributed by atoms with Crippen LogP contribution in [0.3, 0.4) is 0 Å². The van der Waals surface area contributed by atoms with Crippen molar-refractivity contribution >= 4 is 7.82 Å². The van der Waals surface area contributed by atoms with Gasteiger partial charge in [-0.3, -0.25) is 9.05 Å². The molecule has 1 N–H and O–H groups in total. The fourth-order valence-corrected chi connectivity index (χ4v) is 2.97. The molecule has 1 aliphatic heterocycles. The smallest absolute Gasteiger partial charge is 0.302 e. The maximum atomic E-state index is 13.9. The van der Waals surface area contributed by atoms with Crippen LogP contribution in [-0.2, 0) is 13.6 Å². The molecule has 2 unspecified atom stereocenters. The Bertz CT molecular complexity index is 446. The molecule has 0 spiro atoms. The third kappa shape index (κ3) is 4.58. The number of hydrogen-bond donors (Lipinski definition) is 1. The second kappa shape index (κ2) is 7.25. The summed E-state index contributed by atoms with van der Waals surface area (Å²) in [6.07, 6.45) is -3.06. The van der Waals surface area contributed by atoms with Gasteiger partial charge in [0.2, 0.25) is 0 Å². The topological polar surface area (TPSA) is 55.8 Å². The van der Waals surface area contributed by atoms with E-state index in [2.05, 4.69) is 9.05 Å². The molecule has 23 heavy (non-hydrogen) atoms. The average Bonchev–Trinajstić information content (AvgIpc) is 2.44. The largest absolute Gasteiger partial charge is 0.472 e. The summed E-state index contributed by atoms with van der Waals surface area (Å²) in [4.78, 5) is 9.23. The highest BCUT2D eigenvalue weighted by molar-refractivity contribution is 7.47. The van der Waals surface area contributed by atoms with Gasteiger partial charge in [-0.1, -0.05) is 19.3 Å². The van der Waals surface area contributed by atoms with Gasteiger partial charge in [-0.25, -0.2) is 8.96 Å². The van der Waals surface area contributed by atoms with E-state index >= 15 is 0 Å². The van der Waals surface area contributed by atoms with Crippen LogP contribution >= 0.6 is 7.82 Å². The molecule has 1 aliphatic rings. The molecular formula is C11H16F7O4P. The number of halogens is 7. The molecule has 0 saturated carbocycles. The molecular weight excluding hydrogens is 360 g/mol. The quantitative estimate of drug-likeness (QED) is 0.586. The lowest BCUT2D eigenvalue weighted by atomic mass is 9.96. The molecule has 0 amide bonds. The summed E-state index contributed by atoms with van der Waals surface area (Å²) in [7, 11) is -5.14. The molecule has 1 saturated heterocycles. The van der Waals surface area contributed by atoms with Crippen molar-refractivity contribution in [3.05, 3.63) is 0 Å². The van der Waals surface area contributed by atoms with Crippen molar-refractivity contribution in [3.63, 3.8) is 0 Å². The second-order valence-corrected chi connectivity index (χ2v) is 6.54. The summed E-state index contributed by atoms with van der Waals surface area (Å²) in [6, 6.07) is 0. The lowest BCUT2D eigenvalue weighted by Gasteiger charge is -2.36. The Labute approximate surface area is 127 Å². The van der Waals surface area contributed by atoms with Gasteiger partial charge < -0.3 is 4.89 Å². The highest BCUT2D eigenvalue weighted by atomic mass is 31.2. The van der Waals surface area contributed by atoms with E-state index in [1.165, 1.54) is 0 Å². The molecule has 1 heterocycles. The predicted octanol–water partition coefficient (Wildman–Crippen LogP) is 4.33. The summed E-state index contributed by atoms with van der Waals surface area (Å²) in [6.45, 7) is -3.36. The van der Waals surface area contributed by atoms with Crippen LogP contribution in [0.1, 0.15) is 32.1 Å². The zero-order valence-electron chi connectivity index (χ0n) is 11.8. The molecule has 4 nitrogen and oxygen atoms in total. The Morgan fingerprint density at radius 1 is 1.04 bits per heavy atom. The van der Waals surface area contributed by atoms with Crippen molar-refractivity contribution < 1.29 is 49.2 Å². The summed E-state index contributed by atoms with van der Waals surface area (Å²) < 4.78 is 112. The molecule has 0 aromatic heterocycles. The highest BCUT2D eigenvalue weighted by Crippen LogP contribution is 2.54. The fourth-order valence-electron chi connectivity index (χ4n) is 1.99. The third-order valence-electron chi connectivity index (χ3n) is 3.33. The fraction of sp³-hybridized carbons (Fsp3) is 1.00. The SMILES string of the molecule is O=P1(O)OCCCCCCC(C(F)(F)C(F)(F)C(F)(F)CF)O1. The normalized spacial score (nSPS) is 29.3. The molecule has 2 atom stereocenters. The molecule has 0 radical (unpaired) electrons. The van der Waals surface area contributed by atoms with Crippen LogP contribution in [0.15, 0.2) is 0 Å². The van der Waals surface area contributed by atoms with Gasteiger partial charge in [0, 0.05) is 0 Å². The van der Waals surface area contributed by atoms with Gasteiger partial charge in [0.05, 0.1) is 6.61 Å². The van der Waals surface area contributed by atoms with Crippen LogP contribution in [0.5, 0.6) is 0 Å². The number of alkyl halides is 7. The number of phosphoric acid groups is 1. The molecule has 0 bridgehead atoms. The van der Waals surface area contributed by atoms with Gasteiger partial charge in [-0.05, 0) is 12.8 Å². The molecule has 1 fully saturated rings. The van der Waals surface area contributed by atoms with Crippen molar-refractivity contribution in [3.8, 4) is 0 Å². The van der Waals surface area contributed by atoms with Crippen LogP contribution < -0.4 is 0 Å². The summed E-state index contributed by atoms with van der Waals surface area (Å²) in [5.41, 5.74) is 0. The zero-order valence-corrected chi connectivity index (χ0v) is 12.7. The van der Waals surface area contributed by atoms with Crippen LogP contribution in [0, 0.1) is 0 Å². The van der Waals surface area contributed by atoms with Crippen molar-refractivity contribution in [2.75, 3.05) is 13.3 Å². The first-order chi connectivity index (χ1) is 10.4. The maximum Gasteiger partial charge on any atom is 0.472 e. The summed E-state index contributed by atoms with van der Waals surface area (Å²) in [5.74, 6) is -17.3. The van der Waals surface area contributed by atoms with Crippen LogP contribution in [0.25, 0.3) is 0 Å². The van der Waals surface area contributed by atoms with Gasteiger partial charge in [0.1, 0.15) is 6.10 Å². The van der Waals surface area contributed by atoms with Crippen LogP contribution in [-0.4, -0.2) is 42.0 Å². The Morgan fingerprint density at radius 2 is 1.61 bits per heavy atom. The summed E-state index contributed by atoms with van der Waals surface area (Å²) in [5, 5.41) is 0. The van der Waals surface area contributed by atoms with Gasteiger partial charge >= 0.3 is 25.6 Å². The average molecular weight is 376 g/mol. The van der Waals surface area contributed by atoms with E-state index in [-0.39, 0.29) is 19.4 Å². The molecule has 1 rings (SSSR count). The first-order valence-electron chi connectivity index (χ1n) is 6.72. The first-order valence-corrected chi connectivity index (χ1v) is 8.22. The summed E-state index contributed by atoms with van der Waals surface area (Å²) >= 11 is 0. The standard InChI is InChI=1S/C11H16F7O4P/c12-7-9(13,14)11(17,18)10(15,16)8-5-3-1-2-4-6-21-23(19,20)22-8/h8H,1-7H2,(H,19,20). The van der Waals surface area contributed by atoms with Gasteiger partial charge in [-0.15, -0.1) is 0 Å². The van der Waals surface area contributed by atoms with E-state index in [9.17, 15) is 40.2 Å². The predicted molar refractivity (Wildman–Crippen MR) is 64.6 cm³/mol. The molecule has 12 heteroatoms. The minimum absolute atomic E-state index is 0.127. The lowest BCUT2D eigenvalue weighted by molar-refractivity contribution is -0.333. The van der Waals surface area contributed by atoms with Gasteiger partial charge in [0.15, 0.2) is 6.67 Å². The van der Waals surface area contributed by atoms with Crippen LogP contribution in [0.2, 0.25) is 0 Å². The Balaban J connectivity index is 3.11. The third-order valence-corrected chi connectivity index (χ3v) is 4.36. The first kappa shape index (κ1) is 20.7. The second-order valence-electron chi connectivity index (χ2n) is 5.13. The van der Waals surface area contributed by atoms with Crippen LogP contribution in [0.4, 0.5) is 30.7 Å². The number of hydrogen-bond acceptors (Lipinski definition) is 3. The Kier molecular flexibility index (Phi) is 6.51. The maximum absolute atomic E-state index is 13.9.